The number of alkyl halides is 1. The summed E-state index contributed by atoms with van der Waals surface area (Å²) in [6.45, 7) is 3.83. The van der Waals surface area contributed by atoms with Crippen LogP contribution in [-0.4, -0.2) is 9.55 Å². The van der Waals surface area contributed by atoms with E-state index in [9.17, 15) is 4.39 Å². The highest BCUT2D eigenvalue weighted by atomic mass is 79.9. The molecule has 1 aromatic heterocycles. The summed E-state index contributed by atoms with van der Waals surface area (Å²) >= 11 is 9.53. The second-order valence-corrected chi connectivity index (χ2v) is 6.53. The average Bonchev–Trinajstić information content (AvgIpc) is 2.80. The lowest BCUT2D eigenvalue weighted by atomic mass is 10.2. The number of fused-ring (bicyclic) bond motifs is 1. The quantitative estimate of drug-likeness (QED) is 0.544. The van der Waals surface area contributed by atoms with Crippen LogP contribution < -0.4 is 0 Å². The summed E-state index contributed by atoms with van der Waals surface area (Å²) in [6.07, 6.45) is 0. The average molecular weight is 368 g/mol. The molecule has 2 nitrogen and oxygen atoms in total. The first kappa shape index (κ1) is 14.5. The SMILES string of the molecule is Cc1cccc2c1nc(C(C)Cl)n2-c1ccc(Br)cc1F. The lowest BCUT2D eigenvalue weighted by Crippen LogP contribution is -2.04. The van der Waals surface area contributed by atoms with Gasteiger partial charge in [0.15, 0.2) is 0 Å². The molecule has 0 saturated carbocycles. The lowest BCUT2D eigenvalue weighted by molar-refractivity contribution is 0.615. The summed E-state index contributed by atoms with van der Waals surface area (Å²) in [5.41, 5.74) is 3.21. The molecule has 0 spiro atoms. The standard InChI is InChI=1S/C16H13BrClFN2/c1-9-4-3-5-14-15(9)20-16(10(2)18)21(14)13-7-6-11(17)8-12(13)19/h3-8,10H,1-2H3. The lowest BCUT2D eigenvalue weighted by Gasteiger charge is -2.12. The van der Waals surface area contributed by atoms with Crippen LogP contribution in [0.15, 0.2) is 40.9 Å². The van der Waals surface area contributed by atoms with E-state index in [0.29, 0.717) is 16.0 Å². The first-order chi connectivity index (χ1) is 9.99. The number of nitrogens with zero attached hydrogens (tertiary/aromatic N) is 2. The molecule has 0 N–H and O–H groups in total. The highest BCUT2D eigenvalue weighted by molar-refractivity contribution is 9.10. The number of aromatic nitrogens is 2. The summed E-state index contributed by atoms with van der Waals surface area (Å²) in [5, 5.41) is -0.320. The van der Waals surface area contributed by atoms with Crippen molar-refractivity contribution < 1.29 is 4.39 Å². The van der Waals surface area contributed by atoms with Gasteiger partial charge in [0.05, 0.1) is 22.1 Å². The van der Waals surface area contributed by atoms with E-state index in [1.807, 2.05) is 38.1 Å². The van der Waals surface area contributed by atoms with Crippen molar-refractivity contribution in [1.82, 2.24) is 9.55 Å². The van der Waals surface area contributed by atoms with Crippen LogP contribution >= 0.6 is 27.5 Å². The van der Waals surface area contributed by atoms with Crippen molar-refractivity contribution in [2.75, 3.05) is 0 Å². The Labute approximate surface area is 135 Å². The third-order valence-corrected chi connectivity index (χ3v) is 4.11. The van der Waals surface area contributed by atoms with E-state index >= 15 is 0 Å². The fourth-order valence-electron chi connectivity index (χ4n) is 2.44. The van der Waals surface area contributed by atoms with Crippen LogP contribution in [0.2, 0.25) is 0 Å². The van der Waals surface area contributed by atoms with E-state index in [1.165, 1.54) is 6.07 Å². The van der Waals surface area contributed by atoms with Gasteiger partial charge in [-0.1, -0.05) is 28.1 Å². The van der Waals surface area contributed by atoms with Crippen molar-refractivity contribution >= 4 is 38.6 Å². The topological polar surface area (TPSA) is 17.8 Å². The molecular formula is C16H13BrClFN2. The minimum absolute atomic E-state index is 0.316. The van der Waals surface area contributed by atoms with Crippen LogP contribution in [0.5, 0.6) is 0 Å². The number of halogens is 3. The van der Waals surface area contributed by atoms with Gasteiger partial charge in [-0.05, 0) is 43.7 Å². The molecule has 108 valence electrons. The number of para-hydroxylation sites is 1. The predicted molar refractivity (Wildman–Crippen MR) is 87.7 cm³/mol. The minimum Gasteiger partial charge on any atom is -0.292 e. The number of hydrogen-bond donors (Lipinski definition) is 0. The number of benzene rings is 2. The van der Waals surface area contributed by atoms with Gasteiger partial charge in [0.25, 0.3) is 0 Å². The first-order valence-corrected chi connectivity index (χ1v) is 7.79. The molecule has 0 radical (unpaired) electrons. The van der Waals surface area contributed by atoms with Gasteiger partial charge in [0, 0.05) is 4.47 Å². The minimum atomic E-state index is -0.320. The third kappa shape index (κ3) is 2.47. The van der Waals surface area contributed by atoms with Gasteiger partial charge in [-0.2, -0.15) is 0 Å². The summed E-state index contributed by atoms with van der Waals surface area (Å²) in [5.74, 6) is 0.325. The highest BCUT2D eigenvalue weighted by Gasteiger charge is 2.19. The Kier molecular flexibility index (Phi) is 3.76. The van der Waals surface area contributed by atoms with Crippen molar-refractivity contribution in [3.8, 4) is 5.69 Å². The fraction of sp³-hybridized carbons (Fsp3) is 0.188. The molecule has 0 saturated heterocycles. The summed E-state index contributed by atoms with van der Waals surface area (Å²) in [7, 11) is 0. The molecule has 1 heterocycles. The number of hydrogen-bond acceptors (Lipinski definition) is 1. The molecule has 0 aliphatic heterocycles. The normalized spacial score (nSPS) is 12.8. The molecule has 0 aliphatic carbocycles. The Hall–Kier alpha value is -1.39. The third-order valence-electron chi connectivity index (χ3n) is 3.42. The van der Waals surface area contributed by atoms with Crippen LogP contribution in [0.4, 0.5) is 4.39 Å². The molecule has 0 fully saturated rings. The number of rotatable bonds is 2. The molecule has 1 unspecified atom stereocenters. The Morgan fingerprint density at radius 3 is 2.71 bits per heavy atom. The summed E-state index contributed by atoms with van der Waals surface area (Å²) in [6, 6.07) is 10.8. The Balaban J connectivity index is 2.39. The predicted octanol–water partition coefficient (Wildman–Crippen LogP) is 5.54. The maximum atomic E-state index is 14.4. The fourth-order valence-corrected chi connectivity index (χ4v) is 2.92. The van der Waals surface area contributed by atoms with Crippen molar-refractivity contribution in [2.45, 2.75) is 19.2 Å². The van der Waals surface area contributed by atoms with Gasteiger partial charge in [0.1, 0.15) is 11.6 Å². The maximum Gasteiger partial charge on any atom is 0.148 e. The molecule has 0 amide bonds. The van der Waals surface area contributed by atoms with Gasteiger partial charge < -0.3 is 0 Å². The van der Waals surface area contributed by atoms with E-state index < -0.39 is 0 Å². The zero-order valence-electron chi connectivity index (χ0n) is 11.6. The Bertz CT molecular complexity index is 827. The van der Waals surface area contributed by atoms with Crippen molar-refractivity contribution in [2.24, 2.45) is 0 Å². The molecular weight excluding hydrogens is 355 g/mol. The molecule has 0 aliphatic rings. The second kappa shape index (κ2) is 5.43. The monoisotopic (exact) mass is 366 g/mol. The van der Waals surface area contributed by atoms with Crippen LogP contribution in [0.25, 0.3) is 16.7 Å². The molecule has 2 aromatic carbocycles. The van der Waals surface area contributed by atoms with Crippen LogP contribution in [0, 0.1) is 12.7 Å². The number of imidazole rings is 1. The van der Waals surface area contributed by atoms with Gasteiger partial charge in [-0.25, -0.2) is 9.37 Å². The van der Waals surface area contributed by atoms with Crippen LogP contribution in [0.1, 0.15) is 23.7 Å². The van der Waals surface area contributed by atoms with Crippen LogP contribution in [-0.2, 0) is 0 Å². The zero-order valence-corrected chi connectivity index (χ0v) is 13.9. The van der Waals surface area contributed by atoms with E-state index in [1.54, 1.807) is 10.6 Å². The molecule has 21 heavy (non-hydrogen) atoms. The van der Waals surface area contributed by atoms with Gasteiger partial charge in [0.2, 0.25) is 0 Å². The molecule has 1 atom stereocenters. The van der Waals surface area contributed by atoms with E-state index in [0.717, 1.165) is 16.6 Å². The van der Waals surface area contributed by atoms with Gasteiger partial charge in [-0.3, -0.25) is 4.57 Å². The van der Waals surface area contributed by atoms with Crippen molar-refractivity contribution in [3.05, 3.63) is 58.1 Å². The Morgan fingerprint density at radius 2 is 2.05 bits per heavy atom. The van der Waals surface area contributed by atoms with E-state index in [2.05, 4.69) is 20.9 Å². The maximum absolute atomic E-state index is 14.4. The summed E-state index contributed by atoms with van der Waals surface area (Å²) < 4.78 is 16.9. The van der Waals surface area contributed by atoms with Crippen LogP contribution in [0.3, 0.4) is 0 Å². The van der Waals surface area contributed by atoms with E-state index in [4.69, 9.17) is 11.6 Å². The molecule has 5 heteroatoms. The molecule has 3 aromatic rings. The smallest absolute Gasteiger partial charge is 0.148 e. The van der Waals surface area contributed by atoms with E-state index in [-0.39, 0.29) is 11.2 Å². The van der Waals surface area contributed by atoms with Gasteiger partial charge >= 0.3 is 0 Å². The number of aryl methyl sites for hydroxylation is 1. The summed E-state index contributed by atoms with van der Waals surface area (Å²) in [4.78, 5) is 4.60. The van der Waals surface area contributed by atoms with Crippen molar-refractivity contribution in [1.29, 1.82) is 0 Å². The second-order valence-electron chi connectivity index (χ2n) is 4.96. The molecule has 3 rings (SSSR count). The Morgan fingerprint density at radius 1 is 1.29 bits per heavy atom. The zero-order chi connectivity index (χ0) is 15.1. The molecule has 0 bridgehead atoms. The first-order valence-electron chi connectivity index (χ1n) is 6.56. The van der Waals surface area contributed by atoms with Crippen molar-refractivity contribution in [3.63, 3.8) is 0 Å². The largest absolute Gasteiger partial charge is 0.292 e. The highest BCUT2D eigenvalue weighted by Crippen LogP contribution is 2.31. The van der Waals surface area contributed by atoms with Gasteiger partial charge in [-0.15, -0.1) is 11.6 Å².